The molecule has 0 aromatic carbocycles. The molecule has 21 heavy (non-hydrogen) atoms. The predicted molar refractivity (Wildman–Crippen MR) is 80.5 cm³/mol. The molecule has 0 bridgehead atoms. The van der Waals surface area contributed by atoms with E-state index in [0.29, 0.717) is 5.92 Å². The molecule has 0 aliphatic rings. The maximum Gasteiger partial charge on any atom is 0.355 e. The van der Waals surface area contributed by atoms with Crippen molar-refractivity contribution in [3.05, 3.63) is 18.0 Å². The van der Waals surface area contributed by atoms with Crippen molar-refractivity contribution in [2.45, 2.75) is 58.1 Å². The van der Waals surface area contributed by atoms with Gasteiger partial charge >= 0.3 is 5.97 Å². The van der Waals surface area contributed by atoms with Gasteiger partial charge < -0.3 is 9.30 Å². The third kappa shape index (κ3) is 4.86. The second kappa shape index (κ2) is 6.62. The lowest BCUT2D eigenvalue weighted by atomic mass is 10.1. The van der Waals surface area contributed by atoms with Crippen LogP contribution in [0.15, 0.2) is 17.2 Å². The van der Waals surface area contributed by atoms with Crippen LogP contribution in [0.3, 0.4) is 0 Å². The summed E-state index contributed by atoms with van der Waals surface area (Å²) >= 11 is 0. The maximum absolute atomic E-state index is 12.2. The van der Waals surface area contributed by atoms with E-state index in [1.807, 2.05) is 34.6 Å². The van der Waals surface area contributed by atoms with Crippen molar-refractivity contribution in [2.24, 2.45) is 11.1 Å². The van der Waals surface area contributed by atoms with Gasteiger partial charge in [-0.25, -0.2) is 18.4 Å². The van der Waals surface area contributed by atoms with Crippen molar-refractivity contribution in [3.63, 3.8) is 0 Å². The fourth-order valence-corrected chi connectivity index (χ4v) is 2.69. The van der Waals surface area contributed by atoms with Crippen LogP contribution in [0, 0.1) is 5.92 Å². The average molecular weight is 316 g/mol. The Balaban J connectivity index is 3.06. The molecule has 6 nitrogen and oxygen atoms in total. The molecule has 2 N–H and O–H groups in total. The van der Waals surface area contributed by atoms with E-state index in [4.69, 9.17) is 9.88 Å². The van der Waals surface area contributed by atoms with Gasteiger partial charge in [-0.1, -0.05) is 13.8 Å². The van der Waals surface area contributed by atoms with Crippen LogP contribution in [0.5, 0.6) is 0 Å². The fraction of sp³-hybridized carbons (Fsp3) is 0.643. The van der Waals surface area contributed by atoms with Crippen LogP contribution in [-0.4, -0.2) is 25.1 Å². The molecule has 7 heteroatoms. The largest absolute Gasteiger partial charge is 0.458 e. The van der Waals surface area contributed by atoms with Crippen LogP contribution in [-0.2, 0) is 14.8 Å². The Hall–Kier alpha value is -1.34. The Labute approximate surface area is 126 Å². The summed E-state index contributed by atoms with van der Waals surface area (Å²) in [7, 11) is -3.85. The van der Waals surface area contributed by atoms with E-state index >= 15 is 0 Å². The van der Waals surface area contributed by atoms with E-state index in [2.05, 4.69) is 0 Å². The second-order valence-corrected chi connectivity index (χ2v) is 7.51. The number of sulfonamides is 1. The number of aromatic nitrogens is 1. The van der Waals surface area contributed by atoms with Gasteiger partial charge in [-0.15, -0.1) is 0 Å². The predicted octanol–water partition coefficient (Wildman–Crippen LogP) is 2.31. The van der Waals surface area contributed by atoms with Gasteiger partial charge in [-0.05, 0) is 39.2 Å². The minimum atomic E-state index is -3.85. The molecule has 0 amide bonds. The maximum atomic E-state index is 12.2. The van der Waals surface area contributed by atoms with Crippen LogP contribution in [0.4, 0.5) is 0 Å². The van der Waals surface area contributed by atoms with E-state index in [9.17, 15) is 13.2 Å². The Morgan fingerprint density at radius 2 is 1.86 bits per heavy atom. The molecule has 1 atom stereocenters. The number of esters is 1. The molecule has 0 saturated heterocycles. The van der Waals surface area contributed by atoms with Crippen molar-refractivity contribution in [1.29, 1.82) is 0 Å². The lowest BCUT2D eigenvalue weighted by Crippen LogP contribution is -2.20. The molecule has 0 spiro atoms. The first kappa shape index (κ1) is 17.7. The molecule has 0 saturated carbocycles. The first-order valence-electron chi connectivity index (χ1n) is 6.98. The molecule has 0 aliphatic carbocycles. The van der Waals surface area contributed by atoms with Crippen LogP contribution in [0.25, 0.3) is 0 Å². The third-order valence-electron chi connectivity index (χ3n) is 3.03. The number of nitrogens with two attached hydrogens (primary N) is 1. The zero-order valence-electron chi connectivity index (χ0n) is 13.2. The van der Waals surface area contributed by atoms with Gasteiger partial charge in [0.25, 0.3) is 0 Å². The molecule has 1 rings (SSSR count). The number of nitrogens with zero attached hydrogens (tertiary/aromatic N) is 1. The van der Waals surface area contributed by atoms with Crippen LogP contribution in [0.2, 0.25) is 0 Å². The van der Waals surface area contributed by atoms with Gasteiger partial charge in [0.05, 0.1) is 6.10 Å². The van der Waals surface area contributed by atoms with E-state index in [0.717, 1.165) is 6.42 Å². The lowest BCUT2D eigenvalue weighted by molar-refractivity contribution is 0.0285. The molecular weight excluding hydrogens is 292 g/mol. The molecule has 1 unspecified atom stereocenters. The summed E-state index contributed by atoms with van der Waals surface area (Å²) in [4.78, 5) is 12.1. The number of hydrogen-bond donors (Lipinski definition) is 1. The lowest BCUT2D eigenvalue weighted by Gasteiger charge is -2.17. The highest BCUT2D eigenvalue weighted by Gasteiger charge is 2.22. The van der Waals surface area contributed by atoms with Gasteiger partial charge in [-0.2, -0.15) is 0 Å². The van der Waals surface area contributed by atoms with E-state index in [1.165, 1.54) is 12.3 Å². The summed E-state index contributed by atoms with van der Waals surface area (Å²) < 4.78 is 29.8. The van der Waals surface area contributed by atoms with Gasteiger partial charge in [0.15, 0.2) is 0 Å². The van der Waals surface area contributed by atoms with E-state index < -0.39 is 16.0 Å². The Morgan fingerprint density at radius 1 is 1.29 bits per heavy atom. The first-order chi connectivity index (χ1) is 9.52. The molecule has 1 aromatic rings. The highest BCUT2D eigenvalue weighted by Crippen LogP contribution is 2.20. The Kier molecular flexibility index (Phi) is 5.58. The average Bonchev–Trinajstić information content (AvgIpc) is 2.71. The van der Waals surface area contributed by atoms with E-state index in [1.54, 1.807) is 4.57 Å². The first-order valence-corrected chi connectivity index (χ1v) is 8.52. The van der Waals surface area contributed by atoms with Crippen molar-refractivity contribution in [2.75, 3.05) is 0 Å². The van der Waals surface area contributed by atoms with Gasteiger partial charge in [0, 0.05) is 12.2 Å². The number of primary sulfonamides is 1. The number of carbonyl (C=O) groups excluding carboxylic acids is 1. The molecule has 1 aromatic heterocycles. The minimum Gasteiger partial charge on any atom is -0.458 e. The van der Waals surface area contributed by atoms with Crippen molar-refractivity contribution >= 4 is 16.0 Å². The second-order valence-electron chi connectivity index (χ2n) is 5.95. The number of ether oxygens (including phenoxy) is 1. The molecular formula is C14H24N2O4S. The fourth-order valence-electron chi connectivity index (χ4n) is 2.16. The minimum absolute atomic E-state index is 0.0801. The van der Waals surface area contributed by atoms with Crippen LogP contribution < -0.4 is 5.14 Å². The summed E-state index contributed by atoms with van der Waals surface area (Å²) in [5, 5.41) is 5.11. The molecule has 0 aliphatic heterocycles. The van der Waals surface area contributed by atoms with Crippen molar-refractivity contribution in [1.82, 2.24) is 4.57 Å². The highest BCUT2D eigenvalue weighted by atomic mass is 32.2. The van der Waals surface area contributed by atoms with Crippen LogP contribution >= 0.6 is 0 Å². The zero-order chi connectivity index (χ0) is 16.4. The smallest absolute Gasteiger partial charge is 0.355 e. The van der Waals surface area contributed by atoms with Gasteiger partial charge in [-0.3, -0.25) is 0 Å². The summed E-state index contributed by atoms with van der Waals surface area (Å²) in [6, 6.07) is 1.18. The monoisotopic (exact) mass is 316 g/mol. The van der Waals surface area contributed by atoms with Gasteiger partial charge in [0.1, 0.15) is 10.6 Å². The Bertz CT molecular complexity index is 602. The van der Waals surface area contributed by atoms with Gasteiger partial charge in [0.2, 0.25) is 10.0 Å². The van der Waals surface area contributed by atoms with Crippen LogP contribution in [0.1, 0.15) is 57.6 Å². The number of carbonyl (C=O) groups is 1. The molecule has 1 heterocycles. The molecule has 0 radical (unpaired) electrons. The summed E-state index contributed by atoms with van der Waals surface area (Å²) in [5.41, 5.74) is 0.199. The third-order valence-corrected chi connectivity index (χ3v) is 3.91. The number of rotatable bonds is 6. The normalized spacial score (nSPS) is 13.7. The topological polar surface area (TPSA) is 91.4 Å². The highest BCUT2D eigenvalue weighted by molar-refractivity contribution is 7.89. The van der Waals surface area contributed by atoms with E-state index in [-0.39, 0.29) is 22.7 Å². The quantitative estimate of drug-likeness (QED) is 0.815. The summed E-state index contributed by atoms with van der Waals surface area (Å²) in [6.45, 7) is 9.60. The SMILES string of the molecule is CC(C)CC(C)OC(=O)c1cc(S(N)(=O)=O)cn1C(C)C. The summed E-state index contributed by atoms with van der Waals surface area (Å²) in [6.07, 6.45) is 1.88. The summed E-state index contributed by atoms with van der Waals surface area (Å²) in [5.74, 6) is -0.128. The Morgan fingerprint density at radius 3 is 2.29 bits per heavy atom. The zero-order valence-corrected chi connectivity index (χ0v) is 14.0. The molecule has 120 valence electrons. The molecule has 0 fully saturated rings. The van der Waals surface area contributed by atoms with Crippen molar-refractivity contribution in [3.8, 4) is 0 Å². The van der Waals surface area contributed by atoms with Crippen molar-refractivity contribution < 1.29 is 17.9 Å². The number of hydrogen-bond acceptors (Lipinski definition) is 4. The standard InChI is InChI=1S/C14H24N2O4S/c1-9(2)6-11(5)20-14(17)13-7-12(21(15,18)19)8-16(13)10(3)4/h7-11H,6H2,1-5H3,(H2,15,18,19).